The van der Waals surface area contributed by atoms with E-state index in [-0.39, 0.29) is 0 Å². The number of carboxylic acids is 1. The topological polar surface area (TPSA) is 62.2 Å². The monoisotopic (exact) mass is 272 g/mol. The first-order chi connectivity index (χ1) is 8.16. The van der Waals surface area contributed by atoms with Gasteiger partial charge in [0.05, 0.1) is 0 Å². The molecule has 17 heavy (non-hydrogen) atoms. The van der Waals surface area contributed by atoms with Crippen molar-refractivity contribution in [2.24, 2.45) is 0 Å². The second-order valence-electron chi connectivity index (χ2n) is 4.27. The van der Waals surface area contributed by atoms with Gasteiger partial charge in [0.15, 0.2) is 0 Å². The van der Waals surface area contributed by atoms with Crippen molar-refractivity contribution in [2.45, 2.75) is 40.8 Å². The predicted molar refractivity (Wildman–Crippen MR) is 69.7 cm³/mol. The first-order valence-electron chi connectivity index (χ1n) is 5.65. The van der Waals surface area contributed by atoms with Crippen LogP contribution in [0.3, 0.4) is 0 Å². The minimum Gasteiger partial charge on any atom is -0.480 e. The Morgan fingerprint density at radius 3 is 3.18 bits per heavy atom. The van der Waals surface area contributed by atoms with Gasteiger partial charge in [-0.3, -0.25) is 4.79 Å². The molecule has 2 rings (SSSR count). The molecule has 0 bridgehead atoms. The van der Waals surface area contributed by atoms with E-state index >= 15 is 0 Å². The zero-order chi connectivity index (χ0) is 12.3. The van der Waals surface area contributed by atoms with Gasteiger partial charge in [-0.25, -0.2) is 4.98 Å². The van der Waals surface area contributed by atoms with E-state index in [1.807, 2.05) is 5.38 Å². The zero-order valence-electron chi connectivity index (χ0n) is 9.68. The second-order valence-corrected chi connectivity index (χ2v) is 6.71. The van der Waals surface area contributed by atoms with Crippen LogP contribution in [0.4, 0.5) is 0 Å². The summed E-state index contributed by atoms with van der Waals surface area (Å²) in [5.74, 6) is -0.732. The van der Waals surface area contributed by atoms with Crippen LogP contribution in [0, 0.1) is 0 Å². The SMILES string of the molecule is CNC1(C(=O)O)CCCC(Sc2nccs2)C1. The molecule has 2 N–H and O–H groups in total. The number of hydrogen-bond donors (Lipinski definition) is 2. The number of carbonyl (C=O) groups is 1. The Hall–Kier alpha value is -0.590. The van der Waals surface area contributed by atoms with Gasteiger partial charge in [-0.05, 0) is 32.7 Å². The van der Waals surface area contributed by atoms with Crippen LogP contribution in [0.5, 0.6) is 0 Å². The number of thiazole rings is 1. The number of aliphatic carboxylic acids is 1. The number of rotatable bonds is 4. The molecular formula is C11H16N2O2S2. The summed E-state index contributed by atoms with van der Waals surface area (Å²) in [5, 5.41) is 14.6. The van der Waals surface area contributed by atoms with Crippen molar-refractivity contribution in [1.82, 2.24) is 10.3 Å². The van der Waals surface area contributed by atoms with Crippen LogP contribution in [-0.4, -0.2) is 33.9 Å². The normalized spacial score (nSPS) is 29.1. The number of thioether (sulfide) groups is 1. The molecule has 0 radical (unpaired) electrons. The minimum absolute atomic E-state index is 0.346. The maximum atomic E-state index is 11.4. The smallest absolute Gasteiger partial charge is 0.323 e. The van der Waals surface area contributed by atoms with Crippen LogP contribution in [0.25, 0.3) is 0 Å². The summed E-state index contributed by atoms with van der Waals surface area (Å²) in [5.41, 5.74) is -0.743. The Kier molecular flexibility index (Phi) is 4.06. The fraction of sp³-hybridized carbons (Fsp3) is 0.636. The lowest BCUT2D eigenvalue weighted by Gasteiger charge is -2.36. The molecule has 2 unspecified atom stereocenters. The van der Waals surface area contributed by atoms with Gasteiger partial charge >= 0.3 is 5.97 Å². The maximum Gasteiger partial charge on any atom is 0.323 e. The number of carboxylic acid groups (broad SMARTS) is 1. The quantitative estimate of drug-likeness (QED) is 0.880. The van der Waals surface area contributed by atoms with Gasteiger partial charge in [-0.15, -0.1) is 11.3 Å². The molecule has 2 atom stereocenters. The molecule has 1 fully saturated rings. The van der Waals surface area contributed by atoms with Crippen LogP contribution in [-0.2, 0) is 4.79 Å². The van der Waals surface area contributed by atoms with Gasteiger partial charge in [0, 0.05) is 16.8 Å². The number of likely N-dealkylation sites (N-methyl/N-ethyl adjacent to an activating group) is 1. The van der Waals surface area contributed by atoms with E-state index in [4.69, 9.17) is 0 Å². The third kappa shape index (κ3) is 2.81. The van der Waals surface area contributed by atoms with Gasteiger partial charge in [0.1, 0.15) is 9.88 Å². The average molecular weight is 272 g/mol. The number of hydrogen-bond acceptors (Lipinski definition) is 5. The summed E-state index contributed by atoms with van der Waals surface area (Å²) >= 11 is 3.33. The van der Waals surface area contributed by atoms with E-state index in [2.05, 4.69) is 10.3 Å². The minimum atomic E-state index is -0.743. The molecule has 1 aliphatic rings. The largest absolute Gasteiger partial charge is 0.480 e. The Morgan fingerprint density at radius 1 is 1.76 bits per heavy atom. The molecule has 0 aromatic carbocycles. The second kappa shape index (κ2) is 5.37. The molecule has 0 amide bonds. The van der Waals surface area contributed by atoms with Gasteiger partial charge in [0.2, 0.25) is 0 Å². The summed E-state index contributed by atoms with van der Waals surface area (Å²) < 4.78 is 1.03. The Bertz CT molecular complexity index is 383. The predicted octanol–water partition coefficient (Wildman–Crippen LogP) is 2.22. The van der Waals surface area contributed by atoms with Crippen molar-refractivity contribution in [3.63, 3.8) is 0 Å². The fourth-order valence-electron chi connectivity index (χ4n) is 2.26. The van der Waals surface area contributed by atoms with E-state index in [1.165, 1.54) is 0 Å². The summed E-state index contributed by atoms with van der Waals surface area (Å²) in [4.78, 5) is 15.6. The molecule has 6 heteroatoms. The Labute approximate surface area is 109 Å². The van der Waals surface area contributed by atoms with Crippen LogP contribution in [0.1, 0.15) is 25.7 Å². The number of nitrogens with one attached hydrogen (secondary N) is 1. The first-order valence-corrected chi connectivity index (χ1v) is 7.41. The van der Waals surface area contributed by atoms with E-state index in [0.29, 0.717) is 18.1 Å². The first kappa shape index (κ1) is 12.9. The number of aromatic nitrogens is 1. The lowest BCUT2D eigenvalue weighted by atomic mass is 9.81. The van der Waals surface area contributed by atoms with Crippen molar-refractivity contribution in [1.29, 1.82) is 0 Å². The van der Waals surface area contributed by atoms with Gasteiger partial charge in [-0.1, -0.05) is 11.8 Å². The summed E-state index contributed by atoms with van der Waals surface area (Å²) in [6, 6.07) is 0. The summed E-state index contributed by atoms with van der Waals surface area (Å²) in [6.07, 6.45) is 5.20. The fourth-order valence-corrected chi connectivity index (χ4v) is 4.48. The average Bonchev–Trinajstić information content (AvgIpc) is 2.82. The molecular weight excluding hydrogens is 256 g/mol. The van der Waals surface area contributed by atoms with E-state index < -0.39 is 11.5 Å². The van der Waals surface area contributed by atoms with E-state index in [0.717, 1.165) is 17.2 Å². The molecule has 4 nitrogen and oxygen atoms in total. The lowest BCUT2D eigenvalue weighted by Crippen LogP contribution is -2.53. The van der Waals surface area contributed by atoms with E-state index in [1.54, 1.807) is 36.3 Å². The Balaban J connectivity index is 2.03. The molecule has 1 aromatic rings. The van der Waals surface area contributed by atoms with Crippen LogP contribution in [0.15, 0.2) is 15.9 Å². The molecule has 1 heterocycles. The highest BCUT2D eigenvalue weighted by Gasteiger charge is 2.42. The van der Waals surface area contributed by atoms with Crippen molar-refractivity contribution >= 4 is 29.1 Å². The van der Waals surface area contributed by atoms with Gasteiger partial charge in [0.25, 0.3) is 0 Å². The molecule has 1 aliphatic carbocycles. The molecule has 94 valence electrons. The standard InChI is InChI=1S/C11H16N2O2S2/c1-12-11(9(14)15)4-2-3-8(7-11)17-10-13-5-6-16-10/h5-6,8,12H,2-4,7H2,1H3,(H,14,15). The summed E-state index contributed by atoms with van der Waals surface area (Å²) in [6.45, 7) is 0. The third-order valence-electron chi connectivity index (χ3n) is 3.27. The number of nitrogens with zero attached hydrogens (tertiary/aromatic N) is 1. The highest BCUT2D eigenvalue weighted by Crippen LogP contribution is 2.38. The van der Waals surface area contributed by atoms with Crippen LogP contribution < -0.4 is 5.32 Å². The molecule has 1 aromatic heterocycles. The van der Waals surface area contributed by atoms with Gasteiger partial charge < -0.3 is 10.4 Å². The molecule has 0 saturated heterocycles. The Morgan fingerprint density at radius 2 is 2.59 bits per heavy atom. The highest BCUT2D eigenvalue weighted by atomic mass is 32.2. The van der Waals surface area contributed by atoms with Crippen molar-refractivity contribution in [3.05, 3.63) is 11.6 Å². The lowest BCUT2D eigenvalue weighted by molar-refractivity contribution is -0.146. The molecule has 0 aliphatic heterocycles. The highest BCUT2D eigenvalue weighted by molar-refractivity contribution is 8.01. The van der Waals surface area contributed by atoms with E-state index in [9.17, 15) is 9.90 Å². The van der Waals surface area contributed by atoms with Crippen molar-refractivity contribution < 1.29 is 9.90 Å². The third-order valence-corrected chi connectivity index (χ3v) is 5.46. The van der Waals surface area contributed by atoms with Crippen LogP contribution in [0.2, 0.25) is 0 Å². The van der Waals surface area contributed by atoms with Crippen molar-refractivity contribution in [3.8, 4) is 0 Å². The molecule has 1 saturated carbocycles. The maximum absolute atomic E-state index is 11.4. The summed E-state index contributed by atoms with van der Waals surface area (Å²) in [7, 11) is 1.74. The van der Waals surface area contributed by atoms with Crippen molar-refractivity contribution in [2.75, 3.05) is 7.05 Å². The van der Waals surface area contributed by atoms with Gasteiger partial charge in [-0.2, -0.15) is 0 Å². The molecule has 0 spiro atoms. The van der Waals surface area contributed by atoms with Crippen LogP contribution >= 0.6 is 23.1 Å². The zero-order valence-corrected chi connectivity index (χ0v) is 11.3.